The van der Waals surface area contributed by atoms with Gasteiger partial charge in [-0.1, -0.05) is 24.3 Å². The van der Waals surface area contributed by atoms with Gasteiger partial charge in [0.05, 0.1) is 24.2 Å². The van der Waals surface area contributed by atoms with Gasteiger partial charge in [-0.05, 0) is 63.6 Å². The summed E-state index contributed by atoms with van der Waals surface area (Å²) in [6.45, 7) is 14.4. The lowest BCUT2D eigenvalue weighted by atomic mass is 9.99. The Kier molecular flexibility index (Phi) is 9.29. The van der Waals surface area contributed by atoms with E-state index in [-0.39, 0.29) is 11.0 Å². The number of morpholine rings is 1. The molecule has 1 aliphatic rings. The first kappa shape index (κ1) is 28.1. The molecule has 2 heterocycles. The maximum atomic E-state index is 13.1. The summed E-state index contributed by atoms with van der Waals surface area (Å²) < 4.78 is 35.3. The van der Waals surface area contributed by atoms with Crippen molar-refractivity contribution in [1.82, 2.24) is 4.98 Å². The summed E-state index contributed by atoms with van der Waals surface area (Å²) in [5.41, 5.74) is 4.24. The Morgan fingerprint density at radius 1 is 1.22 bits per heavy atom. The smallest absolute Gasteiger partial charge is 0.255 e. The number of sulfone groups is 1. The summed E-state index contributed by atoms with van der Waals surface area (Å²) in [6, 6.07) is 8.18. The summed E-state index contributed by atoms with van der Waals surface area (Å²) in [4.78, 5) is 20.1. The Bertz CT molecular complexity index is 1320. The Labute approximate surface area is 219 Å². The van der Waals surface area contributed by atoms with Gasteiger partial charge in [0.1, 0.15) is 5.69 Å². The highest BCUT2D eigenvalue weighted by atomic mass is 32.2. The fourth-order valence-electron chi connectivity index (χ4n) is 3.83. The standard InChI is InChI=1S/C28H35N3O5S/c1-7-21(27(32)30-23-9-8-10-24(17-23)37(6,33)34)15-25(19(2)3)22-16-26(31-11-13-35-14-12-31)28(29-18-22)36-20(4)5/h7-10,15-18,20H,1,11-14H2,2-6H3,(H,30,32)/b21-15+. The van der Waals surface area contributed by atoms with Crippen LogP contribution in [0.3, 0.4) is 0 Å². The molecule has 8 nitrogen and oxygen atoms in total. The van der Waals surface area contributed by atoms with E-state index in [0.717, 1.165) is 41.7 Å². The number of pyridine rings is 1. The maximum Gasteiger partial charge on any atom is 0.255 e. The molecule has 2 aromatic rings. The number of nitrogens with zero attached hydrogens (tertiary/aromatic N) is 2. The third-order valence-corrected chi connectivity index (χ3v) is 6.79. The van der Waals surface area contributed by atoms with Crippen molar-refractivity contribution in [3.8, 4) is 5.88 Å². The SMILES string of the molecule is C=C/C(=C\C(=C(C)C)c1cnc(OC(C)C)c(N2CCOCC2)c1)C(=O)Nc1cccc(S(C)(=O)=O)c1. The molecule has 0 radical (unpaired) electrons. The molecule has 37 heavy (non-hydrogen) atoms. The lowest BCUT2D eigenvalue weighted by Gasteiger charge is -2.30. The Hall–Kier alpha value is -3.43. The van der Waals surface area contributed by atoms with E-state index in [4.69, 9.17) is 9.47 Å². The van der Waals surface area contributed by atoms with Crippen LogP contribution in [0.2, 0.25) is 0 Å². The number of nitrogens with one attached hydrogen (secondary N) is 1. The Balaban J connectivity index is 1.96. The molecule has 9 heteroatoms. The molecule has 198 valence electrons. The van der Waals surface area contributed by atoms with Crippen molar-refractivity contribution < 1.29 is 22.7 Å². The largest absolute Gasteiger partial charge is 0.473 e. The lowest BCUT2D eigenvalue weighted by molar-refractivity contribution is -0.112. The van der Waals surface area contributed by atoms with Crippen LogP contribution >= 0.6 is 0 Å². The second kappa shape index (κ2) is 12.2. The molecule has 1 aromatic carbocycles. The summed E-state index contributed by atoms with van der Waals surface area (Å²) in [5, 5.41) is 2.77. The number of allylic oxidation sites excluding steroid dienone is 3. The van der Waals surface area contributed by atoms with E-state index < -0.39 is 15.7 Å². The monoisotopic (exact) mass is 525 g/mol. The fraction of sp³-hybridized carbons (Fsp3) is 0.357. The normalized spacial score (nSPS) is 14.3. The van der Waals surface area contributed by atoms with Crippen molar-refractivity contribution in [2.75, 3.05) is 42.8 Å². The van der Waals surface area contributed by atoms with E-state index >= 15 is 0 Å². The van der Waals surface area contributed by atoms with Crippen LogP contribution in [-0.4, -0.2) is 58.0 Å². The minimum absolute atomic E-state index is 0.0294. The maximum absolute atomic E-state index is 13.1. The van der Waals surface area contributed by atoms with Gasteiger partial charge >= 0.3 is 0 Å². The average Bonchev–Trinajstić information content (AvgIpc) is 2.84. The number of benzene rings is 1. The van der Waals surface area contributed by atoms with Crippen LogP contribution in [0.15, 0.2) is 71.3 Å². The summed E-state index contributed by atoms with van der Waals surface area (Å²) in [7, 11) is -3.40. The van der Waals surface area contributed by atoms with Crippen LogP contribution < -0.4 is 15.0 Å². The highest BCUT2D eigenvalue weighted by Crippen LogP contribution is 2.33. The van der Waals surface area contributed by atoms with Crippen LogP contribution in [0.4, 0.5) is 11.4 Å². The highest BCUT2D eigenvalue weighted by molar-refractivity contribution is 7.90. The van der Waals surface area contributed by atoms with E-state index in [0.29, 0.717) is 30.4 Å². The number of ether oxygens (including phenoxy) is 2. The van der Waals surface area contributed by atoms with Gasteiger partial charge in [0.25, 0.3) is 5.91 Å². The van der Waals surface area contributed by atoms with Crippen LogP contribution in [-0.2, 0) is 19.4 Å². The molecule has 1 aromatic heterocycles. The molecule has 3 rings (SSSR count). The highest BCUT2D eigenvalue weighted by Gasteiger charge is 2.20. The molecular formula is C28H35N3O5S. The molecule has 0 aliphatic carbocycles. The zero-order chi connectivity index (χ0) is 27.2. The quantitative estimate of drug-likeness (QED) is 0.376. The number of aromatic nitrogens is 1. The van der Waals surface area contributed by atoms with Crippen molar-refractivity contribution in [1.29, 1.82) is 0 Å². The van der Waals surface area contributed by atoms with Gasteiger partial charge in [0, 0.05) is 42.4 Å². The molecule has 0 atom stereocenters. The minimum atomic E-state index is -3.40. The summed E-state index contributed by atoms with van der Waals surface area (Å²) in [6.07, 6.45) is 6.08. The number of hydrogen-bond acceptors (Lipinski definition) is 7. The van der Waals surface area contributed by atoms with Crippen LogP contribution in [0.1, 0.15) is 33.3 Å². The van der Waals surface area contributed by atoms with Crippen LogP contribution in [0, 0.1) is 0 Å². The number of anilines is 2. The lowest BCUT2D eigenvalue weighted by Crippen LogP contribution is -2.36. The first-order valence-corrected chi connectivity index (χ1v) is 14.0. The number of hydrogen-bond donors (Lipinski definition) is 1. The molecule has 0 spiro atoms. The molecule has 1 saturated heterocycles. The summed E-state index contributed by atoms with van der Waals surface area (Å²) >= 11 is 0. The van der Waals surface area contributed by atoms with Gasteiger partial charge in [-0.25, -0.2) is 13.4 Å². The van der Waals surface area contributed by atoms with Crippen molar-refractivity contribution in [3.63, 3.8) is 0 Å². The van der Waals surface area contributed by atoms with Gasteiger partial charge in [0.15, 0.2) is 9.84 Å². The third-order valence-electron chi connectivity index (χ3n) is 5.68. The first-order chi connectivity index (χ1) is 17.5. The number of rotatable bonds is 9. The number of carbonyl (C=O) groups is 1. The minimum Gasteiger partial charge on any atom is -0.473 e. The van der Waals surface area contributed by atoms with Crippen molar-refractivity contribution in [3.05, 3.63) is 72.0 Å². The average molecular weight is 526 g/mol. The van der Waals surface area contributed by atoms with Crippen molar-refractivity contribution >= 4 is 32.7 Å². The first-order valence-electron chi connectivity index (χ1n) is 12.1. The zero-order valence-electron chi connectivity index (χ0n) is 22.1. The van der Waals surface area contributed by atoms with Gasteiger partial charge in [-0.2, -0.15) is 0 Å². The van der Waals surface area contributed by atoms with Crippen LogP contribution in [0.5, 0.6) is 5.88 Å². The number of carbonyl (C=O) groups excluding carboxylic acids is 1. The molecule has 1 aliphatic heterocycles. The molecule has 1 N–H and O–H groups in total. The van der Waals surface area contributed by atoms with Crippen molar-refractivity contribution in [2.45, 2.75) is 38.7 Å². The molecule has 0 unspecified atom stereocenters. The molecule has 0 bridgehead atoms. The zero-order valence-corrected chi connectivity index (χ0v) is 22.9. The third kappa shape index (κ3) is 7.53. The van der Waals surface area contributed by atoms with E-state index in [1.54, 1.807) is 24.4 Å². The van der Waals surface area contributed by atoms with Gasteiger partial charge in [0.2, 0.25) is 5.88 Å². The Morgan fingerprint density at radius 2 is 1.92 bits per heavy atom. The Morgan fingerprint density at radius 3 is 2.51 bits per heavy atom. The molecular weight excluding hydrogens is 490 g/mol. The second-order valence-electron chi connectivity index (χ2n) is 9.29. The fourth-order valence-corrected chi connectivity index (χ4v) is 4.50. The van der Waals surface area contributed by atoms with Crippen LogP contribution in [0.25, 0.3) is 5.57 Å². The molecule has 1 amide bonds. The van der Waals surface area contributed by atoms with Crippen molar-refractivity contribution in [2.24, 2.45) is 0 Å². The predicted octanol–water partition coefficient (Wildman–Crippen LogP) is 4.65. The van der Waals surface area contributed by atoms with Gasteiger partial charge in [-0.15, -0.1) is 0 Å². The number of amides is 1. The molecule has 0 saturated carbocycles. The van der Waals surface area contributed by atoms with E-state index in [1.165, 1.54) is 18.2 Å². The summed E-state index contributed by atoms with van der Waals surface area (Å²) in [5.74, 6) is 0.158. The van der Waals surface area contributed by atoms with E-state index in [9.17, 15) is 13.2 Å². The van der Waals surface area contributed by atoms with Gasteiger partial charge < -0.3 is 19.7 Å². The van der Waals surface area contributed by atoms with E-state index in [2.05, 4.69) is 21.8 Å². The topological polar surface area (TPSA) is 97.8 Å². The molecule has 1 fully saturated rings. The second-order valence-corrected chi connectivity index (χ2v) is 11.3. The predicted molar refractivity (Wildman–Crippen MR) is 148 cm³/mol. The van der Waals surface area contributed by atoms with Gasteiger partial charge in [-0.3, -0.25) is 4.79 Å². The van der Waals surface area contributed by atoms with E-state index in [1.807, 2.05) is 33.8 Å².